The van der Waals surface area contributed by atoms with Crippen molar-refractivity contribution in [3.05, 3.63) is 23.3 Å². The van der Waals surface area contributed by atoms with Gasteiger partial charge in [-0.2, -0.15) is 13.2 Å². The Morgan fingerprint density at radius 2 is 1.90 bits per heavy atom. The van der Waals surface area contributed by atoms with Crippen molar-refractivity contribution in [1.82, 2.24) is 0 Å². The maximum Gasteiger partial charge on any atom is 0.420 e. The molecule has 1 heterocycles. The summed E-state index contributed by atoms with van der Waals surface area (Å²) in [6.07, 6.45) is -4.58. The smallest absolute Gasteiger partial charge is 0.420 e. The van der Waals surface area contributed by atoms with Crippen LogP contribution in [0.5, 0.6) is 11.5 Å². The lowest BCUT2D eigenvalue weighted by molar-refractivity contribution is -0.139. The van der Waals surface area contributed by atoms with Crippen LogP contribution in [0.4, 0.5) is 13.2 Å². The Kier molecular flexibility index (Phi) is 4.26. The molecule has 0 fully saturated rings. The van der Waals surface area contributed by atoms with Crippen LogP contribution in [-0.2, 0) is 11.0 Å². The number of nitrogens with two attached hydrogens (primary N) is 1. The highest BCUT2D eigenvalue weighted by Gasteiger charge is 2.38. The van der Waals surface area contributed by atoms with Crippen LogP contribution in [0.25, 0.3) is 0 Å². The van der Waals surface area contributed by atoms with Gasteiger partial charge in [-0.05, 0) is 6.07 Å². The fourth-order valence-electron chi connectivity index (χ4n) is 2.09. The highest BCUT2D eigenvalue weighted by atomic mass is 19.4. The molecule has 0 amide bonds. The van der Waals surface area contributed by atoms with Gasteiger partial charge in [-0.25, -0.2) is 0 Å². The number of benzene rings is 1. The Hall–Kier alpha value is -1.96. The molecule has 2 rings (SSSR count). The number of carbonyl (C=O) groups is 1. The van der Waals surface area contributed by atoms with Crippen LogP contribution in [0, 0.1) is 0 Å². The number of hydrogen-bond acceptors (Lipinski definition) is 4. The van der Waals surface area contributed by atoms with E-state index in [0.29, 0.717) is 6.42 Å². The number of aliphatic carboxylic acids is 1. The summed E-state index contributed by atoms with van der Waals surface area (Å²) in [6, 6.07) is 1.01. The van der Waals surface area contributed by atoms with Crippen molar-refractivity contribution in [2.24, 2.45) is 5.73 Å². The molecule has 0 bridgehead atoms. The molecule has 1 unspecified atom stereocenters. The van der Waals surface area contributed by atoms with Gasteiger partial charge >= 0.3 is 12.1 Å². The molecule has 1 aromatic carbocycles. The normalized spacial score (nSPS) is 16.2. The third-order valence-electron chi connectivity index (χ3n) is 3.02. The lowest BCUT2D eigenvalue weighted by atomic mass is 10.00. The number of ether oxygens (including phenoxy) is 2. The average molecular weight is 305 g/mol. The van der Waals surface area contributed by atoms with E-state index in [1.54, 1.807) is 0 Å². The molecule has 0 spiro atoms. The maximum absolute atomic E-state index is 13.0. The van der Waals surface area contributed by atoms with Gasteiger partial charge in [0.25, 0.3) is 0 Å². The van der Waals surface area contributed by atoms with Crippen molar-refractivity contribution < 1.29 is 32.5 Å². The molecule has 8 heteroatoms. The van der Waals surface area contributed by atoms with Crippen molar-refractivity contribution in [2.75, 3.05) is 13.2 Å². The molecule has 0 aromatic heterocycles. The van der Waals surface area contributed by atoms with Gasteiger partial charge in [0.1, 0.15) is 5.56 Å². The van der Waals surface area contributed by atoms with E-state index in [2.05, 4.69) is 0 Å². The molecule has 0 radical (unpaired) electrons. The summed E-state index contributed by atoms with van der Waals surface area (Å²) in [6.45, 7) is 0.273. The van der Waals surface area contributed by atoms with E-state index in [-0.39, 0.29) is 24.5 Å². The molecule has 116 valence electrons. The van der Waals surface area contributed by atoms with Gasteiger partial charge in [0.15, 0.2) is 11.5 Å². The number of hydrogen-bond donors (Lipinski definition) is 2. The zero-order valence-corrected chi connectivity index (χ0v) is 10.9. The van der Waals surface area contributed by atoms with Gasteiger partial charge in [0.05, 0.1) is 19.6 Å². The van der Waals surface area contributed by atoms with E-state index in [1.165, 1.54) is 0 Å². The summed E-state index contributed by atoms with van der Waals surface area (Å²) >= 11 is 0. The summed E-state index contributed by atoms with van der Waals surface area (Å²) in [7, 11) is 0. The fraction of sp³-hybridized carbons (Fsp3) is 0.462. The van der Waals surface area contributed by atoms with Crippen LogP contribution in [0.1, 0.15) is 30.0 Å². The van der Waals surface area contributed by atoms with Crippen molar-refractivity contribution in [3.8, 4) is 11.5 Å². The Bertz CT molecular complexity index is 545. The molecule has 1 aliphatic rings. The number of fused-ring (bicyclic) bond motifs is 1. The fourth-order valence-corrected chi connectivity index (χ4v) is 2.09. The minimum Gasteiger partial charge on any atom is -0.489 e. The molecule has 1 aromatic rings. The first kappa shape index (κ1) is 15.4. The van der Waals surface area contributed by atoms with Crippen molar-refractivity contribution in [3.63, 3.8) is 0 Å². The first-order valence-electron chi connectivity index (χ1n) is 6.27. The van der Waals surface area contributed by atoms with Crippen molar-refractivity contribution in [2.45, 2.75) is 25.1 Å². The van der Waals surface area contributed by atoms with Crippen molar-refractivity contribution >= 4 is 5.97 Å². The minimum atomic E-state index is -4.59. The van der Waals surface area contributed by atoms with Crippen molar-refractivity contribution in [1.29, 1.82) is 0 Å². The molecule has 0 aliphatic carbocycles. The number of carboxylic acids is 1. The molecule has 3 N–H and O–H groups in total. The summed E-state index contributed by atoms with van der Waals surface area (Å²) < 4.78 is 49.4. The molecule has 1 aliphatic heterocycles. The molecule has 5 nitrogen and oxygen atoms in total. The predicted octanol–water partition coefficient (Wildman–Crippen LogP) is 2.34. The van der Waals surface area contributed by atoms with Gasteiger partial charge in [-0.3, -0.25) is 4.79 Å². The average Bonchev–Trinajstić information content (AvgIpc) is 2.60. The second-order valence-corrected chi connectivity index (χ2v) is 4.61. The van der Waals surface area contributed by atoms with E-state index < -0.39 is 35.9 Å². The summed E-state index contributed by atoms with van der Waals surface area (Å²) in [5.74, 6) is -1.68. The molecule has 1 atom stereocenters. The molecule has 21 heavy (non-hydrogen) atoms. The molecular formula is C13H14F3NO4. The van der Waals surface area contributed by atoms with E-state index in [4.69, 9.17) is 20.3 Å². The zero-order valence-electron chi connectivity index (χ0n) is 10.9. The van der Waals surface area contributed by atoms with Crippen LogP contribution in [0.15, 0.2) is 12.1 Å². The zero-order chi connectivity index (χ0) is 15.6. The van der Waals surface area contributed by atoms with Crippen LogP contribution in [-0.4, -0.2) is 24.3 Å². The van der Waals surface area contributed by atoms with Gasteiger partial charge in [0.2, 0.25) is 0 Å². The second-order valence-electron chi connectivity index (χ2n) is 4.61. The largest absolute Gasteiger partial charge is 0.489 e. The van der Waals surface area contributed by atoms with Crippen LogP contribution < -0.4 is 15.2 Å². The monoisotopic (exact) mass is 305 g/mol. The Labute approximate surface area is 118 Å². The molecule has 0 saturated heterocycles. The van der Waals surface area contributed by atoms with Gasteiger partial charge in [-0.1, -0.05) is 6.07 Å². The standard InChI is InChI=1S/C13H14F3NO4/c14-13(15,16)8-3-2-7(9(17)6-10(18)19)11-12(8)21-5-1-4-20-11/h2-3,9H,1,4-6,17H2,(H,18,19). The number of rotatable bonds is 3. The van der Waals surface area contributed by atoms with Crippen LogP contribution >= 0.6 is 0 Å². The SMILES string of the molecule is NC(CC(=O)O)c1ccc(C(F)(F)F)c2c1OCCCO2. The summed E-state index contributed by atoms with van der Waals surface area (Å²) in [5.41, 5.74) is 4.98. The lowest BCUT2D eigenvalue weighted by Crippen LogP contribution is -2.17. The highest BCUT2D eigenvalue weighted by molar-refractivity contribution is 5.68. The Morgan fingerprint density at radius 3 is 2.48 bits per heavy atom. The van der Waals surface area contributed by atoms with E-state index in [1.807, 2.05) is 0 Å². The van der Waals surface area contributed by atoms with Gasteiger partial charge in [-0.15, -0.1) is 0 Å². The lowest BCUT2D eigenvalue weighted by Gasteiger charge is -2.20. The maximum atomic E-state index is 13.0. The topological polar surface area (TPSA) is 81.8 Å². The molecule has 0 saturated carbocycles. The number of halogens is 3. The minimum absolute atomic E-state index is 0.0910. The van der Waals surface area contributed by atoms with E-state index >= 15 is 0 Å². The van der Waals surface area contributed by atoms with E-state index in [0.717, 1.165) is 12.1 Å². The quantitative estimate of drug-likeness (QED) is 0.895. The third kappa shape index (κ3) is 3.38. The summed E-state index contributed by atoms with van der Waals surface area (Å²) in [4.78, 5) is 10.7. The summed E-state index contributed by atoms with van der Waals surface area (Å²) in [5, 5.41) is 8.76. The second kappa shape index (κ2) is 5.80. The number of alkyl halides is 3. The first-order valence-corrected chi connectivity index (χ1v) is 6.27. The number of carboxylic acid groups (broad SMARTS) is 1. The Morgan fingerprint density at radius 1 is 1.29 bits per heavy atom. The third-order valence-corrected chi connectivity index (χ3v) is 3.02. The highest BCUT2D eigenvalue weighted by Crippen LogP contribution is 2.46. The van der Waals surface area contributed by atoms with Gasteiger partial charge in [0, 0.05) is 18.0 Å². The predicted molar refractivity (Wildman–Crippen MR) is 66.2 cm³/mol. The van der Waals surface area contributed by atoms with Gasteiger partial charge < -0.3 is 20.3 Å². The first-order chi connectivity index (χ1) is 9.80. The molecular weight excluding hydrogens is 291 g/mol. The van der Waals surface area contributed by atoms with Crippen LogP contribution in [0.2, 0.25) is 0 Å². The van der Waals surface area contributed by atoms with E-state index in [9.17, 15) is 18.0 Å². The Balaban J connectivity index is 2.51. The van der Waals surface area contributed by atoms with Crippen LogP contribution in [0.3, 0.4) is 0 Å².